The Morgan fingerprint density at radius 2 is 2.09 bits per heavy atom. The molecule has 114 valence electrons. The molecule has 3 N–H and O–H groups in total. The summed E-state index contributed by atoms with van der Waals surface area (Å²) in [6, 6.07) is 11.4. The second-order valence-corrected chi connectivity index (χ2v) is 6.38. The molecule has 0 atom stereocenters. The largest absolute Gasteiger partial charge is 0.320 e. The molecule has 0 aliphatic heterocycles. The fourth-order valence-electron chi connectivity index (χ4n) is 2.45. The van der Waals surface area contributed by atoms with Crippen LogP contribution >= 0.6 is 11.3 Å². The number of benzene rings is 1. The number of aromatic nitrogens is 4. The van der Waals surface area contributed by atoms with Gasteiger partial charge in [0.2, 0.25) is 0 Å². The molecular weight excluding hydrogens is 310 g/mol. The van der Waals surface area contributed by atoms with Crippen molar-refractivity contribution in [1.29, 1.82) is 0 Å². The Morgan fingerprint density at radius 1 is 1.22 bits per heavy atom. The highest BCUT2D eigenvalue weighted by atomic mass is 32.1. The van der Waals surface area contributed by atoms with E-state index < -0.39 is 0 Å². The number of nitrogens with one attached hydrogen (secondary N) is 3. The second kappa shape index (κ2) is 5.36. The summed E-state index contributed by atoms with van der Waals surface area (Å²) in [6.45, 7) is 1.98. The van der Waals surface area contributed by atoms with Crippen LogP contribution in [0.1, 0.15) is 15.4 Å². The number of nitrogens with zero attached hydrogens (tertiary/aromatic N) is 2. The summed E-state index contributed by atoms with van der Waals surface area (Å²) in [6.07, 6.45) is 1.71. The van der Waals surface area contributed by atoms with Crippen molar-refractivity contribution in [3.05, 3.63) is 53.2 Å². The first-order valence-corrected chi connectivity index (χ1v) is 7.88. The molecule has 0 spiro atoms. The molecule has 1 aromatic carbocycles. The number of aryl methyl sites for hydroxylation is 1. The Bertz CT molecular complexity index is 983. The quantitative estimate of drug-likeness (QED) is 0.538. The molecule has 0 saturated heterocycles. The first-order chi connectivity index (χ1) is 11.2. The van der Waals surface area contributed by atoms with E-state index in [2.05, 4.69) is 25.7 Å². The lowest BCUT2D eigenvalue weighted by molar-refractivity contribution is 0.102. The van der Waals surface area contributed by atoms with Crippen LogP contribution in [0.3, 0.4) is 0 Å². The normalized spacial score (nSPS) is 11.0. The zero-order valence-corrected chi connectivity index (χ0v) is 13.1. The Hall–Kier alpha value is -2.93. The average molecular weight is 323 g/mol. The van der Waals surface area contributed by atoms with E-state index in [0.29, 0.717) is 5.69 Å². The Balaban J connectivity index is 1.64. The van der Waals surface area contributed by atoms with Crippen molar-refractivity contribution in [1.82, 2.24) is 20.4 Å². The molecule has 0 radical (unpaired) electrons. The van der Waals surface area contributed by atoms with Gasteiger partial charge in [-0.05, 0) is 25.1 Å². The van der Waals surface area contributed by atoms with Gasteiger partial charge in [-0.15, -0.1) is 11.3 Å². The van der Waals surface area contributed by atoms with Crippen LogP contribution < -0.4 is 5.32 Å². The molecule has 3 aromatic heterocycles. The minimum Gasteiger partial charge on any atom is -0.320 e. The zero-order valence-electron chi connectivity index (χ0n) is 12.3. The van der Waals surface area contributed by atoms with Gasteiger partial charge in [-0.1, -0.05) is 18.2 Å². The third-order valence-electron chi connectivity index (χ3n) is 3.62. The molecule has 0 unspecified atom stereocenters. The second-order valence-electron chi connectivity index (χ2n) is 5.12. The first kappa shape index (κ1) is 13.7. The maximum Gasteiger partial charge on any atom is 0.276 e. The van der Waals surface area contributed by atoms with Crippen molar-refractivity contribution >= 4 is 33.8 Å². The van der Waals surface area contributed by atoms with Crippen LogP contribution in [0.4, 0.5) is 5.69 Å². The lowest BCUT2D eigenvalue weighted by atomic mass is 10.2. The predicted molar refractivity (Wildman–Crippen MR) is 90.7 cm³/mol. The molecule has 23 heavy (non-hydrogen) atoms. The number of aromatic amines is 2. The fraction of sp³-hybridized carbons (Fsp3) is 0.0625. The molecule has 0 aliphatic carbocycles. The molecular formula is C16H13N5OS. The highest BCUT2D eigenvalue weighted by Gasteiger charge is 2.16. The topological polar surface area (TPSA) is 86.5 Å². The summed E-state index contributed by atoms with van der Waals surface area (Å²) >= 11 is 1.60. The Morgan fingerprint density at radius 3 is 2.91 bits per heavy atom. The number of carbonyl (C=O) groups is 1. The number of H-pyrrole nitrogens is 2. The molecule has 4 aromatic rings. The van der Waals surface area contributed by atoms with Crippen LogP contribution in [0.2, 0.25) is 0 Å². The van der Waals surface area contributed by atoms with Crippen molar-refractivity contribution in [2.75, 3.05) is 5.32 Å². The Kier molecular flexibility index (Phi) is 3.20. The molecule has 1 amide bonds. The summed E-state index contributed by atoms with van der Waals surface area (Å²) < 4.78 is 0. The molecule has 0 bridgehead atoms. The van der Waals surface area contributed by atoms with Crippen molar-refractivity contribution in [2.45, 2.75) is 6.92 Å². The van der Waals surface area contributed by atoms with E-state index in [1.165, 1.54) is 0 Å². The van der Waals surface area contributed by atoms with E-state index in [1.807, 2.05) is 43.3 Å². The van der Waals surface area contributed by atoms with Crippen LogP contribution in [-0.2, 0) is 0 Å². The number of rotatable bonds is 3. The van der Waals surface area contributed by atoms with Gasteiger partial charge in [0, 0.05) is 16.5 Å². The van der Waals surface area contributed by atoms with Crippen LogP contribution in [0.25, 0.3) is 21.5 Å². The van der Waals surface area contributed by atoms with E-state index in [1.54, 1.807) is 17.5 Å². The lowest BCUT2D eigenvalue weighted by Gasteiger charge is -2.02. The van der Waals surface area contributed by atoms with Gasteiger partial charge < -0.3 is 5.32 Å². The number of hydrogen-bond donors (Lipinski definition) is 3. The number of hydrogen-bond acceptors (Lipinski definition) is 4. The van der Waals surface area contributed by atoms with Crippen molar-refractivity contribution in [3.8, 4) is 10.6 Å². The Labute approximate surface area is 135 Å². The average Bonchev–Trinajstić information content (AvgIpc) is 3.27. The van der Waals surface area contributed by atoms with Gasteiger partial charge in [0.05, 0.1) is 21.8 Å². The van der Waals surface area contributed by atoms with Crippen LogP contribution in [-0.4, -0.2) is 26.3 Å². The minimum atomic E-state index is -0.223. The van der Waals surface area contributed by atoms with Gasteiger partial charge in [-0.3, -0.25) is 15.0 Å². The van der Waals surface area contributed by atoms with Crippen molar-refractivity contribution in [2.24, 2.45) is 0 Å². The summed E-state index contributed by atoms with van der Waals surface area (Å²) in [5.74, 6) is -0.223. The van der Waals surface area contributed by atoms with Gasteiger partial charge in [0.1, 0.15) is 0 Å². The summed E-state index contributed by atoms with van der Waals surface area (Å²) in [7, 11) is 0. The lowest BCUT2D eigenvalue weighted by Crippen LogP contribution is -2.12. The van der Waals surface area contributed by atoms with Gasteiger partial charge in [-0.25, -0.2) is 0 Å². The van der Waals surface area contributed by atoms with Gasteiger partial charge in [-0.2, -0.15) is 10.2 Å². The monoisotopic (exact) mass is 323 g/mol. The number of thiophene rings is 1. The number of para-hydroxylation sites is 1. The van der Waals surface area contributed by atoms with Crippen molar-refractivity contribution in [3.63, 3.8) is 0 Å². The van der Waals surface area contributed by atoms with Crippen LogP contribution in [0.15, 0.2) is 42.6 Å². The fourth-order valence-corrected chi connectivity index (χ4v) is 3.40. The molecule has 0 aliphatic rings. The van der Waals surface area contributed by atoms with Crippen LogP contribution in [0, 0.1) is 6.92 Å². The SMILES string of the molecule is Cc1sc(-c2ccn[nH]2)cc1NC(=O)c1n[nH]c2ccccc12. The highest BCUT2D eigenvalue weighted by molar-refractivity contribution is 7.16. The van der Waals surface area contributed by atoms with E-state index >= 15 is 0 Å². The third kappa shape index (κ3) is 2.40. The summed E-state index contributed by atoms with van der Waals surface area (Å²) in [5, 5.41) is 17.6. The first-order valence-electron chi connectivity index (χ1n) is 7.07. The molecule has 7 heteroatoms. The number of fused-ring (bicyclic) bond motifs is 1. The van der Waals surface area contributed by atoms with E-state index in [0.717, 1.165) is 32.0 Å². The maximum absolute atomic E-state index is 12.5. The molecule has 4 rings (SSSR count). The molecule has 6 nitrogen and oxygen atoms in total. The molecule has 0 fully saturated rings. The predicted octanol–water partition coefficient (Wildman–Crippen LogP) is 3.58. The number of anilines is 1. The van der Waals surface area contributed by atoms with Crippen LogP contribution in [0.5, 0.6) is 0 Å². The zero-order chi connectivity index (χ0) is 15.8. The van der Waals surface area contributed by atoms with Gasteiger partial charge in [0.15, 0.2) is 5.69 Å². The summed E-state index contributed by atoms with van der Waals surface area (Å²) in [4.78, 5) is 14.6. The van der Waals surface area contributed by atoms with Gasteiger partial charge in [0.25, 0.3) is 5.91 Å². The molecule has 3 heterocycles. The summed E-state index contributed by atoms with van der Waals surface area (Å²) in [5.41, 5.74) is 2.97. The van der Waals surface area contributed by atoms with Gasteiger partial charge >= 0.3 is 0 Å². The van der Waals surface area contributed by atoms with E-state index in [4.69, 9.17) is 0 Å². The molecule has 0 saturated carbocycles. The van der Waals surface area contributed by atoms with E-state index in [9.17, 15) is 4.79 Å². The van der Waals surface area contributed by atoms with Crippen molar-refractivity contribution < 1.29 is 4.79 Å². The minimum absolute atomic E-state index is 0.223. The standard InChI is InChI=1S/C16H13N5OS/c1-9-13(8-14(23-9)12-6-7-17-19-12)18-16(22)15-10-4-2-3-5-11(10)20-21-15/h2-8H,1H3,(H,17,19)(H,18,22)(H,20,21). The van der Waals surface area contributed by atoms with E-state index in [-0.39, 0.29) is 5.91 Å². The number of carbonyl (C=O) groups excluding carboxylic acids is 1. The third-order valence-corrected chi connectivity index (χ3v) is 4.70. The maximum atomic E-state index is 12.5. The smallest absolute Gasteiger partial charge is 0.276 e. The number of amides is 1. The highest BCUT2D eigenvalue weighted by Crippen LogP contribution is 2.33.